The zero-order valence-electron chi connectivity index (χ0n) is 20.6. The van der Waals surface area contributed by atoms with Crippen molar-refractivity contribution < 1.29 is 18.0 Å². The van der Waals surface area contributed by atoms with Crippen molar-refractivity contribution in [3.05, 3.63) is 64.2 Å². The molecule has 1 N–H and O–H groups in total. The molecule has 1 atom stereocenters. The fraction of sp³-hybridized carbons (Fsp3) is 0.440. The quantitative estimate of drug-likeness (QED) is 0.528. The predicted octanol–water partition coefficient (Wildman–Crippen LogP) is 3.91. The van der Waals surface area contributed by atoms with Crippen LogP contribution in [0, 0.1) is 19.8 Å². The van der Waals surface area contributed by atoms with Gasteiger partial charge in [-0.15, -0.1) is 0 Å². The molecule has 2 amide bonds. The molecule has 0 aliphatic carbocycles. The number of nitrogens with one attached hydrogen (secondary N) is 1. The van der Waals surface area contributed by atoms with Gasteiger partial charge in [-0.3, -0.25) is 13.9 Å². The van der Waals surface area contributed by atoms with Gasteiger partial charge in [0, 0.05) is 18.1 Å². The van der Waals surface area contributed by atoms with Gasteiger partial charge >= 0.3 is 0 Å². The smallest absolute Gasteiger partial charge is 0.244 e. The topological polar surface area (TPSA) is 86.8 Å². The van der Waals surface area contributed by atoms with Crippen LogP contribution in [0.25, 0.3) is 0 Å². The number of carbonyl (C=O) groups is 2. The number of hydrogen-bond acceptors (Lipinski definition) is 4. The van der Waals surface area contributed by atoms with Gasteiger partial charge in [0.1, 0.15) is 12.6 Å². The Morgan fingerprint density at radius 1 is 1.06 bits per heavy atom. The monoisotopic (exact) mass is 507 g/mol. The van der Waals surface area contributed by atoms with E-state index >= 15 is 0 Å². The highest BCUT2D eigenvalue weighted by Gasteiger charge is 2.30. The molecule has 34 heavy (non-hydrogen) atoms. The molecule has 0 bridgehead atoms. The molecule has 0 saturated heterocycles. The number of carbonyl (C=O) groups excluding carboxylic acids is 2. The molecular weight excluding hydrogens is 474 g/mol. The van der Waals surface area contributed by atoms with Crippen LogP contribution in [0.5, 0.6) is 0 Å². The molecule has 1 unspecified atom stereocenters. The van der Waals surface area contributed by atoms with Gasteiger partial charge in [0.25, 0.3) is 0 Å². The van der Waals surface area contributed by atoms with Crippen molar-refractivity contribution >= 4 is 39.1 Å². The molecule has 0 aromatic heterocycles. The fourth-order valence-corrected chi connectivity index (χ4v) is 4.55. The average Bonchev–Trinajstić information content (AvgIpc) is 2.74. The Labute approximate surface area is 208 Å². The van der Waals surface area contributed by atoms with Crippen molar-refractivity contribution in [2.45, 2.75) is 47.2 Å². The summed E-state index contributed by atoms with van der Waals surface area (Å²) in [6.07, 6.45) is 1.05. The van der Waals surface area contributed by atoms with Crippen molar-refractivity contribution in [2.75, 3.05) is 23.7 Å². The number of sulfonamides is 1. The molecule has 186 valence electrons. The van der Waals surface area contributed by atoms with Crippen molar-refractivity contribution in [3.8, 4) is 0 Å². The highest BCUT2D eigenvalue weighted by Crippen LogP contribution is 2.26. The molecule has 2 aromatic rings. The first kappa shape index (κ1) is 27.7. The summed E-state index contributed by atoms with van der Waals surface area (Å²) < 4.78 is 26.4. The second-order valence-corrected chi connectivity index (χ2v) is 11.4. The highest BCUT2D eigenvalue weighted by atomic mass is 35.5. The summed E-state index contributed by atoms with van der Waals surface area (Å²) in [7, 11) is -3.81. The summed E-state index contributed by atoms with van der Waals surface area (Å²) in [5, 5.41) is 3.22. The summed E-state index contributed by atoms with van der Waals surface area (Å²) in [4.78, 5) is 27.8. The SMILES string of the molecule is Cc1cccc(CN(C(=O)CN(c2cc(Cl)ccc2C)S(C)(=O)=O)C(C)C(=O)NCC(C)C)c1. The summed E-state index contributed by atoms with van der Waals surface area (Å²) in [5.41, 5.74) is 2.86. The molecule has 0 saturated carbocycles. The molecule has 2 aromatic carbocycles. The van der Waals surface area contributed by atoms with Crippen LogP contribution in [-0.4, -0.2) is 50.5 Å². The van der Waals surface area contributed by atoms with E-state index in [1.807, 2.05) is 45.0 Å². The first-order valence-corrected chi connectivity index (χ1v) is 13.4. The Morgan fingerprint density at radius 3 is 2.32 bits per heavy atom. The zero-order valence-corrected chi connectivity index (χ0v) is 22.2. The molecule has 0 aliphatic rings. The first-order chi connectivity index (χ1) is 15.8. The van der Waals surface area contributed by atoms with Crippen molar-refractivity contribution in [1.82, 2.24) is 10.2 Å². The minimum absolute atomic E-state index is 0.170. The molecule has 2 rings (SSSR count). The number of amides is 2. The Balaban J connectivity index is 2.41. The van der Waals surface area contributed by atoms with E-state index in [0.717, 1.165) is 21.7 Å². The van der Waals surface area contributed by atoms with Gasteiger partial charge in [-0.1, -0.05) is 61.3 Å². The zero-order chi connectivity index (χ0) is 25.6. The van der Waals surface area contributed by atoms with Crippen LogP contribution in [0.1, 0.15) is 37.5 Å². The Hall–Kier alpha value is -2.58. The van der Waals surface area contributed by atoms with Gasteiger partial charge in [0.2, 0.25) is 21.8 Å². The lowest BCUT2D eigenvalue weighted by atomic mass is 10.1. The highest BCUT2D eigenvalue weighted by molar-refractivity contribution is 7.92. The molecule has 0 spiro atoms. The summed E-state index contributed by atoms with van der Waals surface area (Å²) in [5.74, 6) is -0.526. The van der Waals surface area contributed by atoms with Crippen LogP contribution >= 0.6 is 11.6 Å². The van der Waals surface area contributed by atoms with Crippen molar-refractivity contribution in [1.29, 1.82) is 0 Å². The van der Waals surface area contributed by atoms with Crippen molar-refractivity contribution in [2.24, 2.45) is 5.92 Å². The maximum Gasteiger partial charge on any atom is 0.244 e. The van der Waals surface area contributed by atoms with E-state index < -0.39 is 28.5 Å². The van der Waals surface area contributed by atoms with Crippen molar-refractivity contribution in [3.63, 3.8) is 0 Å². The minimum atomic E-state index is -3.81. The summed E-state index contributed by atoms with van der Waals surface area (Å²) >= 11 is 6.11. The maximum absolute atomic E-state index is 13.6. The molecule has 7 nitrogen and oxygen atoms in total. The van der Waals surface area contributed by atoms with Crippen LogP contribution in [0.3, 0.4) is 0 Å². The number of anilines is 1. The van der Waals surface area contributed by atoms with E-state index in [1.54, 1.807) is 26.0 Å². The molecule has 0 fully saturated rings. The van der Waals surface area contributed by atoms with Gasteiger partial charge < -0.3 is 10.2 Å². The third kappa shape index (κ3) is 7.74. The third-order valence-corrected chi connectivity index (χ3v) is 6.77. The van der Waals surface area contributed by atoms with Crippen LogP contribution in [0.2, 0.25) is 5.02 Å². The van der Waals surface area contributed by atoms with Gasteiger partial charge in [-0.25, -0.2) is 8.42 Å². The summed E-state index contributed by atoms with van der Waals surface area (Å²) in [6.45, 7) is 9.51. The number of benzene rings is 2. The molecule has 0 heterocycles. The van der Waals surface area contributed by atoms with Gasteiger partial charge in [0.15, 0.2) is 0 Å². The Bertz CT molecular complexity index is 1130. The number of hydrogen-bond donors (Lipinski definition) is 1. The van der Waals surface area contributed by atoms with E-state index in [-0.39, 0.29) is 18.4 Å². The molecular formula is C25H34ClN3O4S. The lowest BCUT2D eigenvalue weighted by Gasteiger charge is -2.32. The standard InChI is InChI=1S/C25H34ClN3O4S/c1-17(2)14-27-25(31)20(5)28(15-21-9-7-8-18(3)12-21)24(30)16-29(34(6,32)33)23-13-22(26)11-10-19(23)4/h7-13,17,20H,14-16H2,1-6H3,(H,27,31). The largest absolute Gasteiger partial charge is 0.354 e. The van der Waals surface area contributed by atoms with E-state index in [9.17, 15) is 18.0 Å². The first-order valence-electron chi connectivity index (χ1n) is 11.2. The van der Waals surface area contributed by atoms with Crippen LogP contribution in [0.15, 0.2) is 42.5 Å². The third-order valence-electron chi connectivity index (χ3n) is 5.41. The second-order valence-electron chi connectivity index (χ2n) is 9.03. The van der Waals surface area contributed by atoms with E-state index in [4.69, 9.17) is 11.6 Å². The van der Waals surface area contributed by atoms with E-state index in [2.05, 4.69) is 5.32 Å². The summed E-state index contributed by atoms with van der Waals surface area (Å²) in [6, 6.07) is 11.7. The maximum atomic E-state index is 13.6. The van der Waals surface area contributed by atoms with Gasteiger partial charge in [0.05, 0.1) is 11.9 Å². The van der Waals surface area contributed by atoms with E-state index in [0.29, 0.717) is 22.8 Å². The normalized spacial score (nSPS) is 12.4. The van der Waals surface area contributed by atoms with Crippen LogP contribution < -0.4 is 9.62 Å². The Kier molecular flexibility index (Phi) is 9.53. The number of aryl methyl sites for hydroxylation is 2. The predicted molar refractivity (Wildman–Crippen MR) is 137 cm³/mol. The number of halogens is 1. The lowest BCUT2D eigenvalue weighted by molar-refractivity contribution is -0.139. The molecule has 9 heteroatoms. The minimum Gasteiger partial charge on any atom is -0.354 e. The van der Waals surface area contributed by atoms with Crippen LogP contribution in [-0.2, 0) is 26.2 Å². The average molecular weight is 508 g/mol. The number of rotatable bonds is 10. The second kappa shape index (κ2) is 11.7. The Morgan fingerprint density at radius 2 is 1.74 bits per heavy atom. The molecule has 0 radical (unpaired) electrons. The molecule has 0 aliphatic heterocycles. The lowest BCUT2D eigenvalue weighted by Crippen LogP contribution is -2.51. The van der Waals surface area contributed by atoms with Crippen LogP contribution in [0.4, 0.5) is 5.69 Å². The van der Waals surface area contributed by atoms with E-state index in [1.165, 1.54) is 11.0 Å². The number of nitrogens with zero attached hydrogens (tertiary/aromatic N) is 2. The fourth-order valence-electron chi connectivity index (χ4n) is 3.49. The van der Waals surface area contributed by atoms with Gasteiger partial charge in [-0.2, -0.15) is 0 Å². The van der Waals surface area contributed by atoms with Gasteiger partial charge in [-0.05, 0) is 49.9 Å².